The van der Waals surface area contributed by atoms with Gasteiger partial charge in [-0.3, -0.25) is 4.90 Å². The van der Waals surface area contributed by atoms with Crippen LogP contribution in [0.2, 0.25) is 5.02 Å². The molecule has 1 amide bonds. The SMILES string of the molecule is CCCN(C(=O)OC(C)(C)C)C(C(=O)O)c1ccc(F)c(Cl)c1. The van der Waals surface area contributed by atoms with Crippen molar-refractivity contribution in [3.63, 3.8) is 0 Å². The Morgan fingerprint density at radius 3 is 2.43 bits per heavy atom. The molecule has 1 atom stereocenters. The zero-order chi connectivity index (χ0) is 17.8. The normalized spacial score (nSPS) is 12.6. The first-order valence-corrected chi connectivity index (χ1v) is 7.62. The number of amides is 1. The van der Waals surface area contributed by atoms with Crippen LogP contribution in [0.5, 0.6) is 0 Å². The lowest BCUT2D eigenvalue weighted by Crippen LogP contribution is -2.42. The number of nitrogens with zero attached hydrogens (tertiary/aromatic N) is 1. The number of aliphatic carboxylic acids is 1. The molecule has 0 aliphatic carbocycles. The van der Waals surface area contributed by atoms with E-state index in [-0.39, 0.29) is 17.1 Å². The van der Waals surface area contributed by atoms with Crippen LogP contribution < -0.4 is 0 Å². The Kier molecular flexibility index (Phi) is 6.38. The standard InChI is InChI=1S/C16H21ClFNO4/c1-5-8-19(15(22)23-16(2,3)4)13(14(20)21)10-6-7-12(18)11(17)9-10/h6-7,9,13H,5,8H2,1-4H3,(H,20,21). The number of halogens is 2. The maximum atomic E-state index is 13.3. The molecule has 5 nitrogen and oxygen atoms in total. The topological polar surface area (TPSA) is 66.8 Å². The third-order valence-electron chi connectivity index (χ3n) is 2.90. The molecular formula is C16H21ClFNO4. The van der Waals surface area contributed by atoms with Gasteiger partial charge in [0.25, 0.3) is 0 Å². The summed E-state index contributed by atoms with van der Waals surface area (Å²) < 4.78 is 18.6. The smallest absolute Gasteiger partial charge is 0.411 e. The molecule has 0 fully saturated rings. The minimum atomic E-state index is -1.30. The van der Waals surface area contributed by atoms with Crippen LogP contribution in [0.3, 0.4) is 0 Å². The van der Waals surface area contributed by atoms with Crippen LogP contribution in [0, 0.1) is 5.82 Å². The molecule has 0 aliphatic heterocycles. The second-order valence-corrected chi connectivity index (χ2v) is 6.50. The third kappa shape index (κ3) is 5.39. The molecule has 0 spiro atoms. The van der Waals surface area contributed by atoms with Crippen molar-refractivity contribution in [1.82, 2.24) is 4.90 Å². The molecule has 0 radical (unpaired) electrons. The van der Waals surface area contributed by atoms with Gasteiger partial charge in [0.15, 0.2) is 6.04 Å². The van der Waals surface area contributed by atoms with Crippen molar-refractivity contribution < 1.29 is 23.8 Å². The van der Waals surface area contributed by atoms with Crippen LogP contribution >= 0.6 is 11.6 Å². The minimum Gasteiger partial charge on any atom is -0.479 e. The van der Waals surface area contributed by atoms with Crippen LogP contribution in [0.25, 0.3) is 0 Å². The quantitative estimate of drug-likeness (QED) is 0.866. The van der Waals surface area contributed by atoms with E-state index in [0.717, 1.165) is 11.0 Å². The van der Waals surface area contributed by atoms with Crippen LogP contribution in [0.15, 0.2) is 18.2 Å². The van der Waals surface area contributed by atoms with Gasteiger partial charge in [-0.1, -0.05) is 24.6 Å². The van der Waals surface area contributed by atoms with Gasteiger partial charge >= 0.3 is 12.1 Å². The molecule has 0 saturated heterocycles. The summed E-state index contributed by atoms with van der Waals surface area (Å²) in [6.45, 7) is 7.08. The van der Waals surface area contributed by atoms with Crippen molar-refractivity contribution in [2.24, 2.45) is 0 Å². The van der Waals surface area contributed by atoms with E-state index in [1.54, 1.807) is 20.8 Å². The fourth-order valence-electron chi connectivity index (χ4n) is 2.03. The molecule has 7 heteroatoms. The zero-order valence-electron chi connectivity index (χ0n) is 13.6. The lowest BCUT2D eigenvalue weighted by Gasteiger charge is -2.31. The summed E-state index contributed by atoms with van der Waals surface area (Å²) in [5, 5.41) is 9.35. The van der Waals surface area contributed by atoms with Gasteiger partial charge in [0.05, 0.1) is 5.02 Å². The van der Waals surface area contributed by atoms with Crippen molar-refractivity contribution in [2.45, 2.75) is 45.8 Å². The van der Waals surface area contributed by atoms with Gasteiger partial charge in [0.1, 0.15) is 11.4 Å². The molecule has 0 saturated carbocycles. The highest BCUT2D eigenvalue weighted by atomic mass is 35.5. The minimum absolute atomic E-state index is 0.181. The van der Waals surface area contributed by atoms with Gasteiger partial charge in [-0.25, -0.2) is 14.0 Å². The lowest BCUT2D eigenvalue weighted by atomic mass is 10.1. The molecule has 0 aliphatic rings. The first kappa shape index (κ1) is 19.2. The van der Waals surface area contributed by atoms with Crippen LogP contribution in [-0.2, 0) is 9.53 Å². The number of ether oxygens (including phenoxy) is 1. The van der Waals surface area contributed by atoms with Gasteiger partial charge in [0, 0.05) is 6.54 Å². The largest absolute Gasteiger partial charge is 0.479 e. The first-order chi connectivity index (χ1) is 10.6. The number of carboxylic acid groups (broad SMARTS) is 1. The fraction of sp³-hybridized carbons (Fsp3) is 0.500. The average molecular weight is 346 g/mol. The van der Waals surface area contributed by atoms with E-state index in [4.69, 9.17) is 16.3 Å². The lowest BCUT2D eigenvalue weighted by molar-refractivity contribution is -0.143. The van der Waals surface area contributed by atoms with Gasteiger partial charge in [-0.2, -0.15) is 0 Å². The van der Waals surface area contributed by atoms with Gasteiger partial charge in [-0.05, 0) is 44.9 Å². The number of hydrogen-bond acceptors (Lipinski definition) is 3. The van der Waals surface area contributed by atoms with Crippen LogP contribution in [0.4, 0.5) is 9.18 Å². The fourth-order valence-corrected chi connectivity index (χ4v) is 2.21. The van der Waals surface area contributed by atoms with E-state index in [1.165, 1.54) is 12.1 Å². The van der Waals surface area contributed by atoms with Crippen molar-refractivity contribution in [3.05, 3.63) is 34.6 Å². The summed E-state index contributed by atoms with van der Waals surface area (Å²) in [7, 11) is 0. The molecule has 1 N–H and O–H groups in total. The number of carbonyl (C=O) groups is 2. The monoisotopic (exact) mass is 345 g/mol. The number of hydrogen-bond donors (Lipinski definition) is 1. The average Bonchev–Trinajstić information content (AvgIpc) is 2.39. The summed E-state index contributed by atoms with van der Waals surface area (Å²) >= 11 is 5.73. The number of carboxylic acids is 1. The Morgan fingerprint density at radius 1 is 1.39 bits per heavy atom. The highest BCUT2D eigenvalue weighted by Crippen LogP contribution is 2.27. The van der Waals surface area contributed by atoms with Gasteiger partial charge < -0.3 is 9.84 Å². The van der Waals surface area contributed by atoms with E-state index < -0.39 is 29.5 Å². The van der Waals surface area contributed by atoms with Crippen molar-refractivity contribution in [1.29, 1.82) is 0 Å². The Bertz CT molecular complexity index is 586. The Labute approximate surface area is 140 Å². The maximum absolute atomic E-state index is 13.3. The van der Waals surface area contributed by atoms with Crippen molar-refractivity contribution >= 4 is 23.7 Å². The number of carbonyl (C=O) groups excluding carboxylic acids is 1. The molecule has 128 valence electrons. The molecule has 1 aromatic rings. The van der Waals surface area contributed by atoms with Gasteiger partial charge in [0.2, 0.25) is 0 Å². The van der Waals surface area contributed by atoms with Crippen LogP contribution in [-0.4, -0.2) is 34.2 Å². The number of benzene rings is 1. The molecular weight excluding hydrogens is 325 g/mol. The molecule has 0 aromatic heterocycles. The molecule has 1 aromatic carbocycles. The third-order valence-corrected chi connectivity index (χ3v) is 3.19. The van der Waals surface area contributed by atoms with Crippen molar-refractivity contribution in [3.8, 4) is 0 Å². The summed E-state index contributed by atoms with van der Waals surface area (Å²) in [6, 6.07) is 2.28. The second kappa shape index (κ2) is 7.64. The second-order valence-electron chi connectivity index (χ2n) is 6.09. The highest BCUT2D eigenvalue weighted by Gasteiger charge is 2.34. The zero-order valence-corrected chi connectivity index (χ0v) is 14.4. The molecule has 1 unspecified atom stereocenters. The van der Waals surface area contributed by atoms with Gasteiger partial charge in [-0.15, -0.1) is 0 Å². The van der Waals surface area contributed by atoms with Crippen molar-refractivity contribution in [2.75, 3.05) is 6.54 Å². The maximum Gasteiger partial charge on any atom is 0.411 e. The summed E-state index contributed by atoms with van der Waals surface area (Å²) in [6.07, 6.45) is -0.204. The van der Waals surface area contributed by atoms with E-state index in [0.29, 0.717) is 6.42 Å². The summed E-state index contributed by atoms with van der Waals surface area (Å²) in [5.74, 6) is -1.90. The Balaban J connectivity index is 3.23. The number of rotatable bonds is 5. The van der Waals surface area contributed by atoms with E-state index in [9.17, 15) is 19.1 Å². The van der Waals surface area contributed by atoms with Crippen LogP contribution in [0.1, 0.15) is 45.7 Å². The Hall–Kier alpha value is -1.82. The predicted octanol–water partition coefficient (Wildman–Crippen LogP) is 4.25. The summed E-state index contributed by atoms with van der Waals surface area (Å²) in [5.41, 5.74) is -0.546. The molecule has 0 heterocycles. The van der Waals surface area contributed by atoms with E-state index in [2.05, 4.69) is 0 Å². The predicted molar refractivity (Wildman–Crippen MR) is 85.0 cm³/mol. The molecule has 0 bridgehead atoms. The highest BCUT2D eigenvalue weighted by molar-refractivity contribution is 6.30. The molecule has 23 heavy (non-hydrogen) atoms. The van der Waals surface area contributed by atoms with E-state index >= 15 is 0 Å². The first-order valence-electron chi connectivity index (χ1n) is 7.24. The van der Waals surface area contributed by atoms with E-state index in [1.807, 2.05) is 6.92 Å². The Morgan fingerprint density at radius 2 is 2.00 bits per heavy atom. The summed E-state index contributed by atoms with van der Waals surface area (Å²) in [4.78, 5) is 25.2. The molecule has 1 rings (SSSR count).